The van der Waals surface area contributed by atoms with Gasteiger partial charge in [0.25, 0.3) is 5.91 Å². The number of carbonyl (C=O) groups excluding carboxylic acids is 1. The van der Waals surface area contributed by atoms with Crippen LogP contribution in [0.1, 0.15) is 46.5 Å². The van der Waals surface area contributed by atoms with Crippen LogP contribution in [-0.4, -0.2) is 65.8 Å². The molecule has 1 atom stereocenters. The normalized spacial score (nSPS) is 14.4. The van der Waals surface area contributed by atoms with Crippen LogP contribution in [0.15, 0.2) is 72.9 Å². The first-order chi connectivity index (χ1) is 20.0. The third-order valence-corrected chi connectivity index (χ3v) is 7.20. The minimum atomic E-state index is -0.455. The maximum Gasteiger partial charge on any atom is 0.255 e. The summed E-state index contributed by atoms with van der Waals surface area (Å²) in [5.74, 6) is 6.62. The first kappa shape index (κ1) is 28.4. The molecule has 0 aliphatic carbocycles. The highest BCUT2D eigenvalue weighted by atomic mass is 16.5. The molecule has 4 aromatic rings. The number of fused-ring (bicyclic) bond motifs is 1. The van der Waals surface area contributed by atoms with E-state index in [4.69, 9.17) is 4.74 Å². The fraction of sp³-hybridized carbons (Fsp3) is 0.324. The number of para-hydroxylation sites is 1. The molecular weight excluding hydrogens is 512 g/mol. The first-order valence-electron chi connectivity index (χ1n) is 14.3. The van der Waals surface area contributed by atoms with Crippen molar-refractivity contribution in [3.05, 3.63) is 101 Å². The Labute approximate surface area is 241 Å². The van der Waals surface area contributed by atoms with Crippen LogP contribution < -0.4 is 15.4 Å². The Hall–Kier alpha value is -4.09. The molecule has 0 spiro atoms. The van der Waals surface area contributed by atoms with E-state index in [2.05, 4.69) is 44.5 Å². The third-order valence-electron chi connectivity index (χ3n) is 7.20. The van der Waals surface area contributed by atoms with Crippen molar-refractivity contribution in [3.8, 4) is 17.6 Å². The van der Waals surface area contributed by atoms with E-state index >= 15 is 0 Å². The number of rotatable bonds is 9. The van der Waals surface area contributed by atoms with E-state index in [1.165, 1.54) is 5.56 Å². The highest BCUT2D eigenvalue weighted by Gasteiger charge is 2.20. The standard InChI is InChI=1S/C34H38N4O3/c1-24(2)41-33-14-13-26(10-7-25-8-11-27(12-9-25)22-38-17-15-35-16-18-38)19-31(33)34(40)37-29(23-39)20-28-21-36-32-6-4-3-5-30(28)32/h3-6,8-9,11-14,19,21,24,29,35-36,39H,15-18,20,22-23H2,1-2H3,(H,37,40)/t29-/m1/s1. The van der Waals surface area contributed by atoms with Crippen molar-refractivity contribution in [2.75, 3.05) is 32.8 Å². The number of carbonyl (C=O) groups is 1. The molecule has 1 aliphatic heterocycles. The molecule has 2 heterocycles. The molecule has 3 aromatic carbocycles. The lowest BCUT2D eigenvalue weighted by Gasteiger charge is -2.27. The smallest absolute Gasteiger partial charge is 0.255 e. The number of nitrogens with one attached hydrogen (secondary N) is 3. The summed E-state index contributed by atoms with van der Waals surface area (Å²) in [7, 11) is 0. The van der Waals surface area contributed by atoms with E-state index in [9.17, 15) is 9.90 Å². The van der Waals surface area contributed by atoms with Gasteiger partial charge in [-0.15, -0.1) is 0 Å². The van der Waals surface area contributed by atoms with Crippen LogP contribution in [0.5, 0.6) is 5.75 Å². The third kappa shape index (κ3) is 7.56. The minimum Gasteiger partial charge on any atom is -0.490 e. The van der Waals surface area contributed by atoms with E-state index < -0.39 is 6.04 Å². The van der Waals surface area contributed by atoms with E-state index in [1.807, 2.05) is 62.5 Å². The Bertz CT molecular complexity index is 1530. The van der Waals surface area contributed by atoms with Crippen LogP contribution >= 0.6 is 0 Å². The summed E-state index contributed by atoms with van der Waals surface area (Å²) in [5, 5.41) is 17.6. The van der Waals surface area contributed by atoms with Crippen LogP contribution in [0.2, 0.25) is 0 Å². The molecule has 7 heteroatoms. The van der Waals surface area contributed by atoms with Crippen molar-refractivity contribution in [1.29, 1.82) is 0 Å². The van der Waals surface area contributed by atoms with Gasteiger partial charge in [-0.25, -0.2) is 0 Å². The zero-order valence-electron chi connectivity index (χ0n) is 23.7. The molecule has 7 nitrogen and oxygen atoms in total. The van der Waals surface area contributed by atoms with Crippen LogP contribution in [0.25, 0.3) is 10.9 Å². The fourth-order valence-electron chi connectivity index (χ4n) is 5.10. The van der Waals surface area contributed by atoms with Gasteiger partial charge in [0.1, 0.15) is 5.75 Å². The summed E-state index contributed by atoms with van der Waals surface area (Å²) < 4.78 is 5.95. The van der Waals surface area contributed by atoms with Gasteiger partial charge in [0.2, 0.25) is 0 Å². The molecular formula is C34H38N4O3. The second-order valence-electron chi connectivity index (χ2n) is 10.8. The average Bonchev–Trinajstić information content (AvgIpc) is 3.40. The van der Waals surface area contributed by atoms with Crippen molar-refractivity contribution >= 4 is 16.8 Å². The second kappa shape index (κ2) is 13.5. The Morgan fingerprint density at radius 3 is 2.51 bits per heavy atom. The van der Waals surface area contributed by atoms with Gasteiger partial charge in [0.15, 0.2) is 0 Å². The quantitative estimate of drug-likeness (QED) is 0.236. The molecule has 1 aliphatic rings. The summed E-state index contributed by atoms with van der Waals surface area (Å²) in [6, 6.07) is 21.3. The molecule has 1 fully saturated rings. The van der Waals surface area contributed by atoms with E-state index in [1.54, 1.807) is 12.1 Å². The molecule has 5 rings (SSSR count). The molecule has 0 saturated carbocycles. The number of ether oxygens (including phenoxy) is 1. The highest BCUT2D eigenvalue weighted by Crippen LogP contribution is 2.23. The average molecular weight is 551 g/mol. The Balaban J connectivity index is 1.30. The fourth-order valence-corrected chi connectivity index (χ4v) is 5.10. The summed E-state index contributed by atoms with van der Waals surface area (Å²) in [6.07, 6.45) is 2.33. The van der Waals surface area contributed by atoms with Gasteiger partial charge in [-0.05, 0) is 67.8 Å². The van der Waals surface area contributed by atoms with E-state index in [-0.39, 0.29) is 18.6 Å². The van der Waals surface area contributed by atoms with Gasteiger partial charge >= 0.3 is 0 Å². The lowest BCUT2D eigenvalue weighted by molar-refractivity contribution is 0.0910. The largest absolute Gasteiger partial charge is 0.490 e. The lowest BCUT2D eigenvalue weighted by atomic mass is 10.0. The number of benzene rings is 3. The zero-order valence-corrected chi connectivity index (χ0v) is 23.7. The van der Waals surface area contributed by atoms with Crippen molar-refractivity contribution < 1.29 is 14.6 Å². The number of aliphatic hydroxyl groups is 1. The predicted octanol–water partition coefficient (Wildman–Crippen LogP) is 4.09. The number of H-pyrrole nitrogens is 1. The minimum absolute atomic E-state index is 0.0990. The molecule has 41 heavy (non-hydrogen) atoms. The number of hydrogen-bond acceptors (Lipinski definition) is 5. The second-order valence-corrected chi connectivity index (χ2v) is 10.8. The Morgan fingerprint density at radius 1 is 1.02 bits per heavy atom. The molecule has 1 aromatic heterocycles. The van der Waals surface area contributed by atoms with Crippen molar-refractivity contribution in [2.45, 2.75) is 39.0 Å². The number of amides is 1. The molecule has 4 N–H and O–H groups in total. The SMILES string of the molecule is CC(C)Oc1ccc(C#Cc2ccc(CN3CCNCC3)cc2)cc1C(=O)N[C@@H](CO)Cc1c[nH]c2ccccc12. The van der Waals surface area contributed by atoms with Gasteiger partial charge in [-0.3, -0.25) is 9.69 Å². The van der Waals surface area contributed by atoms with Gasteiger partial charge in [0.05, 0.1) is 24.3 Å². The first-order valence-corrected chi connectivity index (χ1v) is 14.3. The number of aromatic nitrogens is 1. The highest BCUT2D eigenvalue weighted by molar-refractivity contribution is 5.97. The molecule has 212 valence electrons. The monoisotopic (exact) mass is 550 g/mol. The topological polar surface area (TPSA) is 89.6 Å². The van der Waals surface area contributed by atoms with Gasteiger partial charge in [-0.2, -0.15) is 0 Å². The number of hydrogen-bond donors (Lipinski definition) is 4. The van der Waals surface area contributed by atoms with Gasteiger partial charge in [0, 0.05) is 61.0 Å². The molecule has 0 unspecified atom stereocenters. The maximum atomic E-state index is 13.5. The van der Waals surface area contributed by atoms with Crippen LogP contribution in [-0.2, 0) is 13.0 Å². The van der Waals surface area contributed by atoms with Crippen LogP contribution in [0.4, 0.5) is 0 Å². The number of nitrogens with zero attached hydrogens (tertiary/aromatic N) is 1. The summed E-state index contributed by atoms with van der Waals surface area (Å²) in [4.78, 5) is 19.2. The van der Waals surface area contributed by atoms with Crippen LogP contribution in [0.3, 0.4) is 0 Å². The zero-order chi connectivity index (χ0) is 28.6. The number of aliphatic hydroxyl groups excluding tert-OH is 1. The van der Waals surface area contributed by atoms with Gasteiger partial charge < -0.3 is 25.5 Å². The maximum absolute atomic E-state index is 13.5. The Kier molecular flexibility index (Phi) is 9.37. The van der Waals surface area contributed by atoms with Crippen molar-refractivity contribution in [3.63, 3.8) is 0 Å². The Morgan fingerprint density at radius 2 is 1.76 bits per heavy atom. The number of aromatic amines is 1. The van der Waals surface area contributed by atoms with E-state index in [0.29, 0.717) is 23.3 Å². The number of piperazine rings is 1. The van der Waals surface area contributed by atoms with Gasteiger partial charge in [-0.1, -0.05) is 42.2 Å². The van der Waals surface area contributed by atoms with Crippen molar-refractivity contribution in [2.24, 2.45) is 0 Å². The van der Waals surface area contributed by atoms with Crippen molar-refractivity contribution in [1.82, 2.24) is 20.5 Å². The molecule has 1 saturated heterocycles. The summed E-state index contributed by atoms with van der Waals surface area (Å²) >= 11 is 0. The predicted molar refractivity (Wildman–Crippen MR) is 163 cm³/mol. The molecule has 0 bridgehead atoms. The lowest BCUT2D eigenvalue weighted by Crippen LogP contribution is -2.42. The van der Waals surface area contributed by atoms with Crippen LogP contribution in [0, 0.1) is 11.8 Å². The summed E-state index contributed by atoms with van der Waals surface area (Å²) in [5.41, 5.74) is 5.37. The molecule has 0 radical (unpaired) electrons. The van der Waals surface area contributed by atoms with E-state index in [0.717, 1.165) is 54.8 Å². The molecule has 1 amide bonds. The summed E-state index contributed by atoms with van der Waals surface area (Å²) in [6.45, 7) is 8.82.